The lowest BCUT2D eigenvalue weighted by Crippen LogP contribution is -2.14. The van der Waals surface area contributed by atoms with Crippen LogP contribution in [0.5, 0.6) is 17.2 Å². The third-order valence-electron chi connectivity index (χ3n) is 4.04. The van der Waals surface area contributed by atoms with E-state index in [0.29, 0.717) is 22.9 Å². The SMILES string of the molecule is COc1ccc(Nc2ccc(C(=O)Nc3ccccc3OC)nc2)c(OC)c1. The van der Waals surface area contributed by atoms with Gasteiger partial charge in [0.2, 0.25) is 0 Å². The van der Waals surface area contributed by atoms with Gasteiger partial charge in [-0.3, -0.25) is 4.79 Å². The molecule has 3 aromatic rings. The zero-order valence-corrected chi connectivity index (χ0v) is 15.9. The van der Waals surface area contributed by atoms with Crippen LogP contribution in [0.4, 0.5) is 17.1 Å². The van der Waals surface area contributed by atoms with Gasteiger partial charge in [0, 0.05) is 6.07 Å². The summed E-state index contributed by atoms with van der Waals surface area (Å²) in [7, 11) is 4.74. The van der Waals surface area contributed by atoms with Gasteiger partial charge in [-0.25, -0.2) is 4.98 Å². The summed E-state index contributed by atoms with van der Waals surface area (Å²) in [5, 5.41) is 6.01. The second-order valence-electron chi connectivity index (χ2n) is 5.78. The van der Waals surface area contributed by atoms with Crippen LogP contribution in [0.2, 0.25) is 0 Å². The number of anilines is 3. The Hall–Kier alpha value is -3.74. The summed E-state index contributed by atoms with van der Waals surface area (Å²) < 4.78 is 15.8. The normalized spacial score (nSPS) is 10.1. The molecule has 0 spiro atoms. The smallest absolute Gasteiger partial charge is 0.274 e. The van der Waals surface area contributed by atoms with Gasteiger partial charge in [0.25, 0.3) is 5.91 Å². The van der Waals surface area contributed by atoms with Crippen molar-refractivity contribution in [1.29, 1.82) is 0 Å². The van der Waals surface area contributed by atoms with Gasteiger partial charge in [-0.05, 0) is 36.4 Å². The molecule has 1 aromatic heterocycles. The molecule has 0 saturated heterocycles. The first-order valence-corrected chi connectivity index (χ1v) is 8.54. The number of para-hydroxylation sites is 2. The first-order chi connectivity index (χ1) is 13.6. The fourth-order valence-corrected chi connectivity index (χ4v) is 2.59. The second-order valence-corrected chi connectivity index (χ2v) is 5.78. The molecule has 0 saturated carbocycles. The van der Waals surface area contributed by atoms with E-state index in [9.17, 15) is 4.79 Å². The van der Waals surface area contributed by atoms with E-state index in [4.69, 9.17) is 14.2 Å². The summed E-state index contributed by atoms with van der Waals surface area (Å²) in [5.41, 5.74) is 2.36. The van der Waals surface area contributed by atoms with Crippen molar-refractivity contribution in [2.45, 2.75) is 0 Å². The molecule has 28 heavy (non-hydrogen) atoms. The maximum absolute atomic E-state index is 12.4. The summed E-state index contributed by atoms with van der Waals surface area (Å²) in [6.07, 6.45) is 1.58. The zero-order valence-electron chi connectivity index (χ0n) is 15.9. The van der Waals surface area contributed by atoms with Crippen LogP contribution in [0.1, 0.15) is 10.5 Å². The highest BCUT2D eigenvalue weighted by Gasteiger charge is 2.11. The molecule has 7 nitrogen and oxygen atoms in total. The molecule has 3 rings (SSSR count). The van der Waals surface area contributed by atoms with E-state index in [0.717, 1.165) is 11.4 Å². The third kappa shape index (κ3) is 4.32. The topological polar surface area (TPSA) is 81.7 Å². The molecule has 0 fully saturated rings. The summed E-state index contributed by atoms with van der Waals surface area (Å²) in [6.45, 7) is 0. The Kier molecular flexibility index (Phi) is 5.96. The van der Waals surface area contributed by atoms with Crippen LogP contribution < -0.4 is 24.8 Å². The highest BCUT2D eigenvalue weighted by atomic mass is 16.5. The molecule has 1 heterocycles. The lowest BCUT2D eigenvalue weighted by Gasteiger charge is -2.13. The van der Waals surface area contributed by atoms with Gasteiger partial charge in [0.05, 0.1) is 44.6 Å². The van der Waals surface area contributed by atoms with Gasteiger partial charge in [-0.15, -0.1) is 0 Å². The number of rotatable bonds is 7. The van der Waals surface area contributed by atoms with Crippen molar-refractivity contribution in [3.8, 4) is 17.2 Å². The molecule has 0 atom stereocenters. The summed E-state index contributed by atoms with van der Waals surface area (Å²) in [5.74, 6) is 1.60. The van der Waals surface area contributed by atoms with E-state index in [1.165, 1.54) is 0 Å². The van der Waals surface area contributed by atoms with Crippen LogP contribution in [0, 0.1) is 0 Å². The number of nitrogens with zero attached hydrogens (tertiary/aromatic N) is 1. The number of ether oxygens (including phenoxy) is 3. The summed E-state index contributed by atoms with van der Waals surface area (Å²) >= 11 is 0. The minimum Gasteiger partial charge on any atom is -0.497 e. The molecule has 1 amide bonds. The van der Waals surface area contributed by atoms with E-state index in [-0.39, 0.29) is 11.6 Å². The average Bonchev–Trinajstić information content (AvgIpc) is 2.74. The highest BCUT2D eigenvalue weighted by molar-refractivity contribution is 6.03. The lowest BCUT2D eigenvalue weighted by atomic mass is 10.2. The molecule has 0 aliphatic carbocycles. The van der Waals surface area contributed by atoms with E-state index < -0.39 is 0 Å². The van der Waals surface area contributed by atoms with Crippen molar-refractivity contribution in [2.24, 2.45) is 0 Å². The molecule has 7 heteroatoms. The molecular formula is C21H21N3O4. The number of aromatic nitrogens is 1. The molecule has 2 N–H and O–H groups in total. The van der Waals surface area contributed by atoms with Crippen LogP contribution in [0.25, 0.3) is 0 Å². The Balaban J connectivity index is 1.72. The molecular weight excluding hydrogens is 358 g/mol. The van der Waals surface area contributed by atoms with Gasteiger partial charge in [0.1, 0.15) is 22.9 Å². The fourth-order valence-electron chi connectivity index (χ4n) is 2.59. The van der Waals surface area contributed by atoms with Crippen LogP contribution in [0.3, 0.4) is 0 Å². The first kappa shape index (κ1) is 19.0. The Bertz CT molecular complexity index is 958. The van der Waals surface area contributed by atoms with Crippen molar-refractivity contribution in [1.82, 2.24) is 4.98 Å². The number of amides is 1. The maximum Gasteiger partial charge on any atom is 0.274 e. The third-order valence-corrected chi connectivity index (χ3v) is 4.04. The van der Waals surface area contributed by atoms with Crippen LogP contribution in [0.15, 0.2) is 60.8 Å². The van der Waals surface area contributed by atoms with Gasteiger partial charge in [0.15, 0.2) is 0 Å². The quantitative estimate of drug-likeness (QED) is 0.643. The fraction of sp³-hybridized carbons (Fsp3) is 0.143. The van der Waals surface area contributed by atoms with Crippen LogP contribution in [-0.2, 0) is 0 Å². The number of carbonyl (C=O) groups excluding carboxylic acids is 1. The Labute approximate surface area is 163 Å². The van der Waals surface area contributed by atoms with E-state index in [1.54, 1.807) is 57.9 Å². The number of benzene rings is 2. The number of carbonyl (C=O) groups is 1. The van der Waals surface area contributed by atoms with Crippen LogP contribution >= 0.6 is 0 Å². The number of hydrogen-bond donors (Lipinski definition) is 2. The van der Waals surface area contributed by atoms with Gasteiger partial charge in [-0.2, -0.15) is 0 Å². The predicted octanol–water partition coefficient (Wildman–Crippen LogP) is 4.10. The molecule has 2 aromatic carbocycles. The number of nitrogens with one attached hydrogen (secondary N) is 2. The molecule has 0 bridgehead atoms. The Morgan fingerprint density at radius 3 is 2.32 bits per heavy atom. The summed E-state index contributed by atoms with van der Waals surface area (Å²) in [4.78, 5) is 16.7. The van der Waals surface area contributed by atoms with Crippen molar-refractivity contribution < 1.29 is 19.0 Å². The van der Waals surface area contributed by atoms with Crippen LogP contribution in [-0.4, -0.2) is 32.2 Å². The standard InChI is InChI=1S/C21H21N3O4/c1-26-15-9-11-17(20(12-15)28-3)23-14-8-10-18(22-13-14)21(25)24-16-6-4-5-7-19(16)27-2/h4-13,23H,1-3H3,(H,24,25). The second kappa shape index (κ2) is 8.77. The highest BCUT2D eigenvalue weighted by Crippen LogP contribution is 2.31. The summed E-state index contributed by atoms with van der Waals surface area (Å²) in [6, 6.07) is 16.1. The molecule has 0 radical (unpaired) electrons. The van der Waals surface area contributed by atoms with Gasteiger partial charge in [-0.1, -0.05) is 12.1 Å². The van der Waals surface area contributed by atoms with Crippen molar-refractivity contribution in [3.05, 3.63) is 66.5 Å². The zero-order chi connectivity index (χ0) is 19.9. The molecule has 144 valence electrons. The minimum absolute atomic E-state index is 0.290. The van der Waals surface area contributed by atoms with Crippen molar-refractivity contribution >= 4 is 23.0 Å². The average molecular weight is 379 g/mol. The maximum atomic E-state index is 12.4. The van der Waals surface area contributed by atoms with E-state index in [2.05, 4.69) is 15.6 Å². The molecule has 0 aliphatic heterocycles. The van der Waals surface area contributed by atoms with E-state index in [1.807, 2.05) is 24.3 Å². The largest absolute Gasteiger partial charge is 0.497 e. The number of hydrogen-bond acceptors (Lipinski definition) is 6. The van der Waals surface area contributed by atoms with E-state index >= 15 is 0 Å². The monoisotopic (exact) mass is 379 g/mol. The predicted molar refractivity (Wildman–Crippen MR) is 108 cm³/mol. The van der Waals surface area contributed by atoms with Gasteiger partial charge < -0.3 is 24.8 Å². The Morgan fingerprint density at radius 1 is 0.857 bits per heavy atom. The Morgan fingerprint density at radius 2 is 1.64 bits per heavy atom. The van der Waals surface area contributed by atoms with Gasteiger partial charge >= 0.3 is 0 Å². The minimum atomic E-state index is -0.321. The van der Waals surface area contributed by atoms with Crippen molar-refractivity contribution in [3.63, 3.8) is 0 Å². The number of pyridine rings is 1. The first-order valence-electron chi connectivity index (χ1n) is 8.54. The lowest BCUT2D eigenvalue weighted by molar-refractivity contribution is 0.102. The molecule has 0 aliphatic rings. The molecule has 0 unspecified atom stereocenters. The number of methoxy groups -OCH3 is 3. The van der Waals surface area contributed by atoms with Crippen molar-refractivity contribution in [2.75, 3.05) is 32.0 Å².